The molecule has 0 bridgehead atoms. The minimum atomic E-state index is -3.37. The van der Waals surface area contributed by atoms with Crippen molar-refractivity contribution in [3.05, 3.63) is 34.6 Å². The summed E-state index contributed by atoms with van der Waals surface area (Å²) in [6.07, 6.45) is 0.693. The van der Waals surface area contributed by atoms with Crippen molar-refractivity contribution in [2.24, 2.45) is 0 Å². The summed E-state index contributed by atoms with van der Waals surface area (Å²) >= 11 is 5.53. The molecule has 0 amide bonds. The number of carbonyl (C=O) groups excluding carboxylic acids is 1. The zero-order valence-electron chi connectivity index (χ0n) is 8.54. The number of rotatable bonds is 4. The molecule has 1 rings (SSSR count). The summed E-state index contributed by atoms with van der Waals surface area (Å²) in [5, 5.41) is -0.0790. The van der Waals surface area contributed by atoms with Gasteiger partial charge in [0.25, 0.3) is 0 Å². The molecule has 0 aliphatic heterocycles. The van der Waals surface area contributed by atoms with Crippen LogP contribution in [0.4, 0.5) is 4.39 Å². The van der Waals surface area contributed by atoms with Gasteiger partial charge < -0.3 is 0 Å². The van der Waals surface area contributed by atoms with Crippen LogP contribution in [0.25, 0.3) is 0 Å². The van der Waals surface area contributed by atoms with Gasteiger partial charge in [-0.1, -0.05) is 23.7 Å². The highest BCUT2D eigenvalue weighted by molar-refractivity contribution is 7.91. The Hall–Kier alpha value is -0.940. The third-order valence-electron chi connectivity index (χ3n) is 1.84. The van der Waals surface area contributed by atoms with Gasteiger partial charge in [-0.25, -0.2) is 12.8 Å². The fraction of sp³-hybridized carbons (Fsp3) is 0.300. The highest BCUT2D eigenvalue weighted by Gasteiger charge is 2.14. The number of ketones is 1. The largest absolute Gasteiger partial charge is 0.298 e. The molecule has 1 aromatic carbocycles. The Morgan fingerprint density at radius 3 is 2.62 bits per heavy atom. The molecule has 0 heterocycles. The van der Waals surface area contributed by atoms with Gasteiger partial charge in [0.1, 0.15) is 11.6 Å². The Morgan fingerprint density at radius 1 is 1.44 bits per heavy atom. The fourth-order valence-electron chi connectivity index (χ4n) is 1.24. The second kappa shape index (κ2) is 4.93. The number of sulfone groups is 1. The van der Waals surface area contributed by atoms with E-state index in [9.17, 15) is 17.6 Å². The van der Waals surface area contributed by atoms with Gasteiger partial charge in [-0.3, -0.25) is 4.79 Å². The van der Waals surface area contributed by atoms with Crippen LogP contribution in [0.3, 0.4) is 0 Å². The first kappa shape index (κ1) is 13.1. The van der Waals surface area contributed by atoms with Crippen LogP contribution in [0, 0.1) is 5.82 Å². The minimum Gasteiger partial charge on any atom is -0.298 e. The van der Waals surface area contributed by atoms with E-state index in [0.29, 0.717) is 0 Å². The van der Waals surface area contributed by atoms with Crippen LogP contribution in [0.15, 0.2) is 18.2 Å². The number of carbonyl (C=O) groups is 1. The van der Waals surface area contributed by atoms with E-state index in [1.54, 1.807) is 0 Å². The molecule has 3 nitrogen and oxygen atoms in total. The van der Waals surface area contributed by atoms with Gasteiger partial charge in [0.2, 0.25) is 0 Å². The van der Waals surface area contributed by atoms with Crippen molar-refractivity contribution >= 4 is 27.2 Å². The SMILES string of the molecule is CS(=O)(=O)CC(=O)Cc1cccc(Cl)c1F. The molecule has 16 heavy (non-hydrogen) atoms. The summed E-state index contributed by atoms with van der Waals surface area (Å²) in [6.45, 7) is 0. The average Bonchev–Trinajstić information content (AvgIpc) is 2.09. The molecule has 0 saturated heterocycles. The lowest BCUT2D eigenvalue weighted by Gasteiger charge is -2.03. The van der Waals surface area contributed by atoms with Crippen molar-refractivity contribution in [3.63, 3.8) is 0 Å². The molecule has 88 valence electrons. The van der Waals surface area contributed by atoms with E-state index < -0.39 is 27.2 Å². The van der Waals surface area contributed by atoms with Crippen LogP contribution in [-0.2, 0) is 21.1 Å². The first-order valence-electron chi connectivity index (χ1n) is 4.42. The maximum atomic E-state index is 13.4. The Bertz CT molecular complexity index is 511. The molecule has 0 spiro atoms. The lowest BCUT2D eigenvalue weighted by molar-refractivity contribution is -0.116. The molecule has 0 atom stereocenters. The number of Topliss-reactive ketones (excluding diaryl/α,β-unsaturated/α-hetero) is 1. The highest BCUT2D eigenvalue weighted by Crippen LogP contribution is 2.18. The van der Waals surface area contributed by atoms with Gasteiger partial charge in [0.15, 0.2) is 15.6 Å². The van der Waals surface area contributed by atoms with Gasteiger partial charge in [0, 0.05) is 12.7 Å². The minimum absolute atomic E-state index is 0.0790. The van der Waals surface area contributed by atoms with Crippen molar-refractivity contribution < 1.29 is 17.6 Å². The van der Waals surface area contributed by atoms with Gasteiger partial charge in [-0.15, -0.1) is 0 Å². The van der Waals surface area contributed by atoms with Gasteiger partial charge >= 0.3 is 0 Å². The van der Waals surface area contributed by atoms with Crippen molar-refractivity contribution in [1.82, 2.24) is 0 Å². The summed E-state index contributed by atoms with van der Waals surface area (Å²) in [7, 11) is -3.37. The summed E-state index contributed by atoms with van der Waals surface area (Å²) in [5.41, 5.74) is 0.112. The molecular formula is C10H10ClFO3S. The van der Waals surface area contributed by atoms with Gasteiger partial charge in [-0.05, 0) is 11.6 Å². The lowest BCUT2D eigenvalue weighted by Crippen LogP contribution is -2.17. The quantitative estimate of drug-likeness (QED) is 0.831. The molecule has 0 aliphatic carbocycles. The van der Waals surface area contributed by atoms with E-state index in [1.165, 1.54) is 18.2 Å². The van der Waals surface area contributed by atoms with Crippen molar-refractivity contribution in [3.8, 4) is 0 Å². The molecule has 6 heteroatoms. The van der Waals surface area contributed by atoms with Gasteiger partial charge in [0.05, 0.1) is 5.02 Å². The predicted octanol–water partition coefficient (Wildman–Crippen LogP) is 1.64. The number of hydrogen-bond donors (Lipinski definition) is 0. The molecule has 1 aromatic rings. The summed E-state index contributed by atoms with van der Waals surface area (Å²) in [6, 6.07) is 4.28. The maximum absolute atomic E-state index is 13.4. The molecule has 0 aliphatic rings. The first-order valence-corrected chi connectivity index (χ1v) is 6.86. The van der Waals surface area contributed by atoms with E-state index in [0.717, 1.165) is 6.26 Å². The van der Waals surface area contributed by atoms with Crippen molar-refractivity contribution in [2.75, 3.05) is 12.0 Å². The summed E-state index contributed by atoms with van der Waals surface area (Å²) < 4.78 is 35.0. The van der Waals surface area contributed by atoms with E-state index >= 15 is 0 Å². The molecule has 0 aromatic heterocycles. The first-order chi connectivity index (χ1) is 7.29. The maximum Gasteiger partial charge on any atom is 0.154 e. The second-order valence-electron chi connectivity index (χ2n) is 3.50. The smallest absolute Gasteiger partial charge is 0.154 e. The Labute approximate surface area is 98.1 Å². The average molecular weight is 265 g/mol. The van der Waals surface area contributed by atoms with Crippen molar-refractivity contribution in [1.29, 1.82) is 0 Å². The van der Waals surface area contributed by atoms with Crippen LogP contribution in [0.5, 0.6) is 0 Å². The Morgan fingerprint density at radius 2 is 2.06 bits per heavy atom. The topological polar surface area (TPSA) is 51.2 Å². The standard InChI is InChI=1S/C10H10ClFO3S/c1-16(14,15)6-8(13)5-7-3-2-4-9(11)10(7)12/h2-4H,5-6H2,1H3. The Balaban J connectivity index is 2.82. The fourth-order valence-corrected chi connectivity index (χ4v) is 2.12. The molecule has 0 N–H and O–H groups in total. The molecule has 0 unspecified atom stereocenters. The second-order valence-corrected chi connectivity index (χ2v) is 6.05. The molecule has 0 saturated carbocycles. The monoisotopic (exact) mass is 264 g/mol. The van der Waals surface area contributed by atoms with Crippen LogP contribution in [0.2, 0.25) is 5.02 Å². The predicted molar refractivity (Wildman–Crippen MR) is 59.8 cm³/mol. The molecule has 0 radical (unpaired) electrons. The van der Waals surface area contributed by atoms with Crippen LogP contribution >= 0.6 is 11.6 Å². The molecular weight excluding hydrogens is 255 g/mol. The van der Waals surface area contributed by atoms with Crippen LogP contribution in [0.1, 0.15) is 5.56 Å². The zero-order chi connectivity index (χ0) is 12.3. The van der Waals surface area contributed by atoms with Crippen LogP contribution < -0.4 is 0 Å². The third-order valence-corrected chi connectivity index (χ3v) is 2.98. The zero-order valence-corrected chi connectivity index (χ0v) is 10.1. The van der Waals surface area contributed by atoms with E-state index in [1.807, 2.05) is 0 Å². The third kappa shape index (κ3) is 3.90. The normalized spacial score (nSPS) is 11.4. The summed E-state index contributed by atoms with van der Waals surface area (Å²) in [4.78, 5) is 11.3. The van der Waals surface area contributed by atoms with E-state index in [4.69, 9.17) is 11.6 Å². The highest BCUT2D eigenvalue weighted by atomic mass is 35.5. The summed E-state index contributed by atoms with van der Waals surface area (Å²) in [5.74, 6) is -1.81. The van der Waals surface area contributed by atoms with Crippen LogP contribution in [-0.4, -0.2) is 26.2 Å². The number of halogens is 2. The molecule has 0 fully saturated rings. The Kier molecular flexibility index (Phi) is 4.04. The van der Waals surface area contributed by atoms with E-state index in [-0.39, 0.29) is 17.0 Å². The van der Waals surface area contributed by atoms with Crippen molar-refractivity contribution in [2.45, 2.75) is 6.42 Å². The number of benzene rings is 1. The number of hydrogen-bond acceptors (Lipinski definition) is 3. The van der Waals surface area contributed by atoms with Gasteiger partial charge in [-0.2, -0.15) is 0 Å². The van der Waals surface area contributed by atoms with E-state index in [2.05, 4.69) is 0 Å². The lowest BCUT2D eigenvalue weighted by atomic mass is 10.1.